The highest BCUT2D eigenvalue weighted by molar-refractivity contribution is 6.30. The Kier molecular flexibility index (Phi) is 8.27. The number of rotatable bonds is 11. The van der Waals surface area contributed by atoms with Crippen LogP contribution in [0.4, 0.5) is 0 Å². The lowest BCUT2D eigenvalue weighted by molar-refractivity contribution is 0.0807. The van der Waals surface area contributed by atoms with Crippen molar-refractivity contribution in [2.45, 2.75) is 63.6 Å². The Morgan fingerprint density at radius 2 is 1.61 bits per heavy atom. The van der Waals surface area contributed by atoms with Gasteiger partial charge in [-0.3, -0.25) is 14.5 Å². The van der Waals surface area contributed by atoms with Gasteiger partial charge in [-0.15, -0.1) is 0 Å². The van der Waals surface area contributed by atoms with Gasteiger partial charge >= 0.3 is 0 Å². The fourth-order valence-corrected chi connectivity index (χ4v) is 7.25. The standard InChI is InChI=1S/C35H37ClN2O3/c1-41-34-10-5-9-30-31(33(40)21-24-7-3-2-4-8-24)23-37(35(30)34)17-6-18-38-28-15-16-29(38)20-25(19-28)22-32(39)26-11-13-27(36)14-12-26/h2-5,7-14,23,25,28-29H,6,15-22H2,1H3. The molecule has 0 spiro atoms. The van der Waals surface area contributed by atoms with Crippen LogP contribution in [-0.2, 0) is 13.0 Å². The average molecular weight is 569 g/mol. The molecule has 0 saturated carbocycles. The van der Waals surface area contributed by atoms with E-state index in [4.69, 9.17) is 16.3 Å². The molecule has 6 rings (SSSR count). The minimum absolute atomic E-state index is 0.126. The highest BCUT2D eigenvalue weighted by Gasteiger charge is 2.40. The Morgan fingerprint density at radius 3 is 2.32 bits per heavy atom. The summed E-state index contributed by atoms with van der Waals surface area (Å²) in [4.78, 5) is 29.0. The fraction of sp³-hybridized carbons (Fsp3) is 0.371. The second kappa shape index (κ2) is 12.2. The summed E-state index contributed by atoms with van der Waals surface area (Å²) in [6, 6.07) is 24.3. The van der Waals surface area contributed by atoms with Crippen molar-refractivity contribution >= 4 is 34.1 Å². The first-order valence-electron chi connectivity index (χ1n) is 14.8. The first kappa shape index (κ1) is 27.7. The number of aromatic nitrogens is 1. The smallest absolute Gasteiger partial charge is 0.169 e. The highest BCUT2D eigenvalue weighted by Crippen LogP contribution is 2.40. The second-order valence-corrected chi connectivity index (χ2v) is 12.1. The SMILES string of the molecule is COc1cccc2c(C(=O)Cc3ccccc3)cn(CCCN3C4CCC3CC(CC(=O)c3ccc(Cl)cc3)C4)c12. The molecule has 2 aliphatic rings. The molecule has 0 amide bonds. The fourth-order valence-electron chi connectivity index (χ4n) is 7.12. The summed E-state index contributed by atoms with van der Waals surface area (Å²) in [5.74, 6) is 1.60. The van der Waals surface area contributed by atoms with E-state index in [9.17, 15) is 9.59 Å². The number of hydrogen-bond acceptors (Lipinski definition) is 4. The van der Waals surface area contributed by atoms with Crippen LogP contribution in [0.3, 0.4) is 0 Å². The number of halogens is 1. The summed E-state index contributed by atoms with van der Waals surface area (Å²) >= 11 is 6.00. The predicted molar refractivity (Wildman–Crippen MR) is 164 cm³/mol. The van der Waals surface area contributed by atoms with Crippen LogP contribution in [0.25, 0.3) is 10.9 Å². The van der Waals surface area contributed by atoms with E-state index in [0.29, 0.717) is 35.9 Å². The summed E-state index contributed by atoms with van der Waals surface area (Å²) in [7, 11) is 1.69. The van der Waals surface area contributed by atoms with Crippen LogP contribution in [0.1, 0.15) is 64.8 Å². The first-order chi connectivity index (χ1) is 20.0. The highest BCUT2D eigenvalue weighted by atomic mass is 35.5. The lowest BCUT2D eigenvalue weighted by Crippen LogP contribution is -2.43. The quantitative estimate of drug-likeness (QED) is 0.174. The number of fused-ring (bicyclic) bond motifs is 3. The van der Waals surface area contributed by atoms with E-state index in [2.05, 4.69) is 9.47 Å². The molecule has 6 heteroatoms. The summed E-state index contributed by atoms with van der Waals surface area (Å²) < 4.78 is 7.94. The molecule has 5 nitrogen and oxygen atoms in total. The van der Waals surface area contributed by atoms with Gasteiger partial charge in [0.25, 0.3) is 0 Å². The van der Waals surface area contributed by atoms with Crippen molar-refractivity contribution in [2.24, 2.45) is 5.92 Å². The van der Waals surface area contributed by atoms with Gasteiger partial charge in [-0.2, -0.15) is 0 Å². The molecule has 41 heavy (non-hydrogen) atoms. The number of ketones is 2. The van der Waals surface area contributed by atoms with Crippen LogP contribution in [0.2, 0.25) is 5.02 Å². The number of Topliss-reactive ketones (excluding diaryl/α,β-unsaturated/α-hetero) is 2. The summed E-state index contributed by atoms with van der Waals surface area (Å²) in [6.07, 6.45) is 8.65. The average Bonchev–Trinajstić information content (AvgIpc) is 3.47. The van der Waals surface area contributed by atoms with Gasteiger partial charge in [0.05, 0.1) is 12.6 Å². The molecule has 3 aromatic carbocycles. The van der Waals surface area contributed by atoms with E-state index in [-0.39, 0.29) is 11.6 Å². The summed E-state index contributed by atoms with van der Waals surface area (Å²) in [5.41, 5.74) is 3.54. The number of benzene rings is 3. The molecule has 2 saturated heterocycles. The lowest BCUT2D eigenvalue weighted by Gasteiger charge is -2.39. The number of ether oxygens (including phenoxy) is 1. The molecule has 0 aliphatic carbocycles. The van der Waals surface area contributed by atoms with Gasteiger partial charge in [0.2, 0.25) is 0 Å². The van der Waals surface area contributed by atoms with Crippen LogP contribution < -0.4 is 4.74 Å². The maximum Gasteiger partial charge on any atom is 0.169 e. The molecular formula is C35H37ClN2O3. The molecule has 0 radical (unpaired) electrons. The number of carbonyl (C=O) groups is 2. The third-order valence-corrected chi connectivity index (χ3v) is 9.28. The molecule has 1 aromatic heterocycles. The molecular weight excluding hydrogens is 532 g/mol. The van der Waals surface area contributed by atoms with Crippen molar-refractivity contribution < 1.29 is 14.3 Å². The van der Waals surface area contributed by atoms with E-state index >= 15 is 0 Å². The molecule has 4 aromatic rings. The van der Waals surface area contributed by atoms with E-state index in [1.165, 1.54) is 12.8 Å². The topological polar surface area (TPSA) is 51.5 Å². The number of carbonyl (C=O) groups excluding carboxylic acids is 2. The van der Waals surface area contributed by atoms with Gasteiger partial charge in [-0.05, 0) is 73.9 Å². The van der Waals surface area contributed by atoms with Crippen LogP contribution in [0, 0.1) is 5.92 Å². The molecule has 3 heterocycles. The zero-order valence-electron chi connectivity index (χ0n) is 23.6. The zero-order chi connectivity index (χ0) is 28.3. The van der Waals surface area contributed by atoms with E-state index in [0.717, 1.165) is 65.7 Å². The van der Waals surface area contributed by atoms with Crippen molar-refractivity contribution in [3.63, 3.8) is 0 Å². The van der Waals surface area contributed by atoms with Crippen molar-refractivity contribution in [3.05, 3.63) is 101 Å². The number of hydrogen-bond donors (Lipinski definition) is 0. The third-order valence-electron chi connectivity index (χ3n) is 9.03. The molecule has 2 atom stereocenters. The van der Waals surface area contributed by atoms with Crippen LogP contribution in [0.15, 0.2) is 79.0 Å². The Morgan fingerprint density at radius 1 is 0.878 bits per heavy atom. The van der Waals surface area contributed by atoms with Crippen molar-refractivity contribution in [1.82, 2.24) is 9.47 Å². The minimum Gasteiger partial charge on any atom is -0.495 e. The maximum absolute atomic E-state index is 13.4. The number of nitrogens with zero attached hydrogens (tertiary/aromatic N) is 2. The van der Waals surface area contributed by atoms with Gasteiger partial charge in [0.15, 0.2) is 11.6 Å². The Bertz CT molecular complexity index is 1510. The Labute approximate surface area is 247 Å². The van der Waals surface area contributed by atoms with E-state index in [1.54, 1.807) is 19.2 Å². The number of methoxy groups -OCH3 is 1. The molecule has 2 unspecified atom stereocenters. The number of para-hydroxylation sites is 1. The monoisotopic (exact) mass is 568 g/mol. The lowest BCUT2D eigenvalue weighted by atomic mass is 9.85. The van der Waals surface area contributed by atoms with Gasteiger partial charge < -0.3 is 9.30 Å². The van der Waals surface area contributed by atoms with Crippen LogP contribution in [-0.4, -0.2) is 46.8 Å². The molecule has 0 N–H and O–H groups in total. The minimum atomic E-state index is 0.126. The third kappa shape index (κ3) is 5.98. The maximum atomic E-state index is 13.4. The van der Waals surface area contributed by atoms with E-state index < -0.39 is 0 Å². The van der Waals surface area contributed by atoms with Crippen LogP contribution >= 0.6 is 11.6 Å². The normalized spacial score (nSPS) is 20.4. The number of aryl methyl sites for hydroxylation is 1. The predicted octanol–water partition coefficient (Wildman–Crippen LogP) is 7.63. The largest absolute Gasteiger partial charge is 0.495 e. The molecule has 2 bridgehead atoms. The van der Waals surface area contributed by atoms with Crippen molar-refractivity contribution in [3.8, 4) is 5.75 Å². The zero-order valence-corrected chi connectivity index (χ0v) is 24.4. The summed E-state index contributed by atoms with van der Waals surface area (Å²) in [5, 5.41) is 1.62. The first-order valence-corrected chi connectivity index (χ1v) is 15.2. The van der Waals surface area contributed by atoms with Gasteiger partial charge in [0, 0.05) is 65.7 Å². The molecule has 212 valence electrons. The van der Waals surface area contributed by atoms with Gasteiger partial charge in [-0.1, -0.05) is 54.1 Å². The molecule has 2 aliphatic heterocycles. The van der Waals surface area contributed by atoms with Gasteiger partial charge in [-0.25, -0.2) is 0 Å². The van der Waals surface area contributed by atoms with Crippen molar-refractivity contribution in [1.29, 1.82) is 0 Å². The van der Waals surface area contributed by atoms with E-state index in [1.807, 2.05) is 66.9 Å². The second-order valence-electron chi connectivity index (χ2n) is 11.6. The summed E-state index contributed by atoms with van der Waals surface area (Å²) in [6.45, 7) is 1.85. The van der Waals surface area contributed by atoms with Gasteiger partial charge in [0.1, 0.15) is 5.75 Å². The Balaban J connectivity index is 1.11. The number of piperidine rings is 1. The van der Waals surface area contributed by atoms with Crippen LogP contribution in [0.5, 0.6) is 5.75 Å². The molecule has 2 fully saturated rings. The Hall–Kier alpha value is -3.41. The van der Waals surface area contributed by atoms with Crippen molar-refractivity contribution in [2.75, 3.05) is 13.7 Å².